The predicted molar refractivity (Wildman–Crippen MR) is 208 cm³/mol. The highest BCUT2D eigenvalue weighted by Crippen LogP contribution is 2.61. The highest BCUT2D eigenvalue weighted by molar-refractivity contribution is 6.31. The molecule has 0 radical (unpaired) electrons. The summed E-state index contributed by atoms with van der Waals surface area (Å²) in [5.41, 5.74) is -0.828. The zero-order valence-corrected chi connectivity index (χ0v) is 35.0. The van der Waals surface area contributed by atoms with Gasteiger partial charge in [-0.3, -0.25) is 19.4 Å². The van der Waals surface area contributed by atoms with E-state index in [0.717, 1.165) is 12.8 Å². The molecule has 2 saturated carbocycles. The summed E-state index contributed by atoms with van der Waals surface area (Å²) in [6.45, 7) is 11.8. The molecule has 6 rings (SSSR count). The SMILES string of the molecule is COC[C@@]12C[C@@H](C(=O)CCc3cccc(Cl)c3F)N(C(=O)OC(C)(C)C)[C@@H]1C2.COC[C@@]12C[C@@H]1N(C(=O)OC(C)(C)C)[C@H](C(=O)CCc1cccc(Cl)c1F)C2. The van der Waals surface area contributed by atoms with Crippen LogP contribution >= 0.6 is 23.2 Å². The van der Waals surface area contributed by atoms with Gasteiger partial charge >= 0.3 is 12.2 Å². The van der Waals surface area contributed by atoms with Gasteiger partial charge in [-0.15, -0.1) is 0 Å². The van der Waals surface area contributed by atoms with Crippen molar-refractivity contribution < 1.29 is 46.9 Å². The number of piperidine rings is 2. The number of carbonyl (C=O) groups excluding carboxylic acids is 4. The van der Waals surface area contributed by atoms with Crippen LogP contribution in [-0.4, -0.2) is 96.4 Å². The smallest absolute Gasteiger partial charge is 0.411 e. The molecule has 4 fully saturated rings. The number of nitrogens with zero attached hydrogens (tertiary/aromatic N) is 2. The molecule has 10 nitrogen and oxygen atoms in total. The van der Waals surface area contributed by atoms with Crippen LogP contribution in [0.4, 0.5) is 18.4 Å². The molecule has 0 bridgehead atoms. The molecule has 2 saturated heterocycles. The van der Waals surface area contributed by atoms with Crippen LogP contribution in [0.2, 0.25) is 10.0 Å². The third kappa shape index (κ3) is 9.85. The number of rotatable bonds is 12. The zero-order valence-electron chi connectivity index (χ0n) is 33.5. The molecule has 4 aliphatic rings. The van der Waals surface area contributed by atoms with E-state index in [1.54, 1.807) is 89.8 Å². The van der Waals surface area contributed by atoms with Crippen LogP contribution < -0.4 is 0 Å². The van der Waals surface area contributed by atoms with Crippen LogP contribution in [0.1, 0.15) is 91.2 Å². The summed E-state index contributed by atoms with van der Waals surface area (Å²) in [6, 6.07) is 8.32. The molecule has 2 aromatic rings. The van der Waals surface area contributed by atoms with E-state index < -0.39 is 47.1 Å². The Bertz CT molecular complexity index is 1690. The molecule has 2 aliphatic heterocycles. The molecule has 0 aromatic heterocycles. The minimum atomic E-state index is -0.643. The van der Waals surface area contributed by atoms with Crippen LogP contribution in [0.5, 0.6) is 0 Å². The standard InChI is InChI=1S/2C21H27ClFNO4/c2*1-20(2,3)28-19(26)24-15(10-21(12-27-4)11-17(21)24)16(25)9-8-13-6-5-7-14(22)18(13)23/h2*5-7,15,17H,8-12H2,1-4H3/t15-,17+,21-;15-,17-,21+/m00/s1. The number of likely N-dealkylation sites (tertiary alicyclic amines) is 2. The maximum Gasteiger partial charge on any atom is 0.411 e. The maximum absolute atomic E-state index is 14.1. The van der Waals surface area contributed by atoms with Gasteiger partial charge < -0.3 is 18.9 Å². The van der Waals surface area contributed by atoms with Crippen LogP contribution in [0.15, 0.2) is 36.4 Å². The van der Waals surface area contributed by atoms with Gasteiger partial charge in [0.15, 0.2) is 11.6 Å². The lowest BCUT2D eigenvalue weighted by molar-refractivity contribution is -0.124. The van der Waals surface area contributed by atoms with Crippen molar-refractivity contribution in [3.8, 4) is 0 Å². The van der Waals surface area contributed by atoms with Gasteiger partial charge in [0.05, 0.1) is 35.3 Å². The lowest BCUT2D eigenvalue weighted by Crippen LogP contribution is -2.45. The number of Topliss-reactive ketones (excluding diaryl/α,β-unsaturated/α-hetero) is 2. The van der Waals surface area contributed by atoms with Crippen molar-refractivity contribution in [3.05, 3.63) is 69.2 Å². The summed E-state index contributed by atoms with van der Waals surface area (Å²) in [5, 5.41) is 0.0861. The first-order valence-electron chi connectivity index (χ1n) is 19.1. The molecule has 2 aromatic carbocycles. The quantitative estimate of drug-likeness (QED) is 0.209. The fraction of sp³-hybridized carbons (Fsp3) is 0.619. The molecule has 56 heavy (non-hydrogen) atoms. The molecular formula is C42H54Cl2F2N2O8. The lowest BCUT2D eigenvalue weighted by Gasteiger charge is -2.29. The van der Waals surface area contributed by atoms with Crippen molar-refractivity contribution in [2.24, 2.45) is 10.8 Å². The highest BCUT2D eigenvalue weighted by Gasteiger charge is 2.68. The van der Waals surface area contributed by atoms with Gasteiger partial charge in [-0.2, -0.15) is 0 Å². The molecule has 14 heteroatoms. The highest BCUT2D eigenvalue weighted by atomic mass is 35.5. The van der Waals surface area contributed by atoms with Crippen molar-refractivity contribution in [3.63, 3.8) is 0 Å². The summed E-state index contributed by atoms with van der Waals surface area (Å²) in [5.74, 6) is -1.17. The third-order valence-corrected chi connectivity index (χ3v) is 11.6. The first-order valence-corrected chi connectivity index (χ1v) is 19.8. The summed E-state index contributed by atoms with van der Waals surface area (Å²) in [4.78, 5) is 54.6. The monoisotopic (exact) mass is 822 g/mol. The fourth-order valence-electron chi connectivity index (χ4n) is 8.29. The minimum absolute atomic E-state index is 0.0424. The van der Waals surface area contributed by atoms with Crippen molar-refractivity contribution in [2.75, 3.05) is 27.4 Å². The average molecular weight is 824 g/mol. The van der Waals surface area contributed by atoms with Crippen molar-refractivity contribution in [1.82, 2.24) is 9.80 Å². The Balaban J connectivity index is 0.000000214. The number of ketones is 2. The Hall–Kier alpha value is -3.32. The van der Waals surface area contributed by atoms with E-state index in [0.29, 0.717) is 37.2 Å². The molecule has 2 amide bonds. The van der Waals surface area contributed by atoms with E-state index in [1.165, 1.54) is 12.1 Å². The molecule has 0 N–H and O–H groups in total. The second-order valence-corrected chi connectivity index (χ2v) is 18.4. The fourth-order valence-corrected chi connectivity index (χ4v) is 8.68. The molecule has 2 aliphatic carbocycles. The zero-order chi connectivity index (χ0) is 41.4. The van der Waals surface area contributed by atoms with Gasteiger partial charge in [0.25, 0.3) is 0 Å². The molecule has 0 spiro atoms. The van der Waals surface area contributed by atoms with Crippen molar-refractivity contribution >= 4 is 47.0 Å². The number of aryl methyl sites for hydroxylation is 2. The average Bonchev–Trinajstić information content (AvgIpc) is 3.91. The van der Waals surface area contributed by atoms with Gasteiger partial charge in [0.1, 0.15) is 22.8 Å². The van der Waals surface area contributed by atoms with Crippen molar-refractivity contribution in [2.45, 2.75) is 128 Å². The van der Waals surface area contributed by atoms with Crippen molar-refractivity contribution in [1.29, 1.82) is 0 Å². The number of hydrogen-bond donors (Lipinski definition) is 0. The Kier molecular flexibility index (Phi) is 13.2. The first-order chi connectivity index (χ1) is 26.2. The van der Waals surface area contributed by atoms with Gasteiger partial charge in [-0.05, 0) is 103 Å². The van der Waals surface area contributed by atoms with Gasteiger partial charge in [0.2, 0.25) is 0 Å². The second kappa shape index (κ2) is 16.9. The van der Waals surface area contributed by atoms with E-state index in [1.807, 2.05) is 0 Å². The molecule has 308 valence electrons. The van der Waals surface area contributed by atoms with Gasteiger partial charge in [0, 0.05) is 50.0 Å². The van der Waals surface area contributed by atoms with Gasteiger partial charge in [-0.1, -0.05) is 47.5 Å². The largest absolute Gasteiger partial charge is 0.444 e. The summed E-state index contributed by atoms with van der Waals surface area (Å²) >= 11 is 11.6. The van der Waals surface area contributed by atoms with Crippen LogP contribution in [-0.2, 0) is 41.4 Å². The summed E-state index contributed by atoms with van der Waals surface area (Å²) in [7, 11) is 3.25. The molecular weight excluding hydrogens is 769 g/mol. The summed E-state index contributed by atoms with van der Waals surface area (Å²) < 4.78 is 49.9. The third-order valence-electron chi connectivity index (χ3n) is 11.0. The number of hydrogen-bond acceptors (Lipinski definition) is 8. The Morgan fingerprint density at radius 1 is 0.661 bits per heavy atom. The first kappa shape index (κ1) is 43.8. The van der Waals surface area contributed by atoms with E-state index in [2.05, 4.69) is 0 Å². The molecule has 0 unspecified atom stereocenters. The van der Waals surface area contributed by atoms with Gasteiger partial charge in [-0.25, -0.2) is 18.4 Å². The maximum atomic E-state index is 14.1. The number of halogens is 4. The Labute approximate surface area is 338 Å². The number of benzene rings is 2. The topological polar surface area (TPSA) is 112 Å². The van der Waals surface area contributed by atoms with E-state index in [4.69, 9.17) is 42.1 Å². The van der Waals surface area contributed by atoms with Crippen LogP contribution in [0.3, 0.4) is 0 Å². The van der Waals surface area contributed by atoms with Crippen LogP contribution in [0, 0.1) is 22.5 Å². The lowest BCUT2D eigenvalue weighted by atomic mass is 9.95. The Morgan fingerprint density at radius 3 is 1.34 bits per heavy atom. The second-order valence-electron chi connectivity index (χ2n) is 17.6. The predicted octanol–water partition coefficient (Wildman–Crippen LogP) is 8.79. The number of carbonyl (C=O) groups is 4. The minimum Gasteiger partial charge on any atom is -0.444 e. The van der Waals surface area contributed by atoms with Crippen LogP contribution in [0.25, 0.3) is 0 Å². The normalized spacial score (nSPS) is 26.1. The number of fused-ring (bicyclic) bond motifs is 2. The molecule has 6 atom stereocenters. The summed E-state index contributed by atoms with van der Waals surface area (Å²) in [6.07, 6.45) is 2.55. The van der Waals surface area contributed by atoms with E-state index in [-0.39, 0.29) is 70.2 Å². The Morgan fingerprint density at radius 2 is 1.02 bits per heavy atom. The number of methoxy groups -OCH3 is 2. The molecule has 2 heterocycles. The number of amides is 2. The van der Waals surface area contributed by atoms with E-state index in [9.17, 15) is 28.0 Å². The number of ether oxygens (including phenoxy) is 4. The van der Waals surface area contributed by atoms with E-state index >= 15 is 0 Å².